The Labute approximate surface area is 130 Å². The first-order valence-corrected chi connectivity index (χ1v) is 7.11. The normalized spacial score (nSPS) is 10.0. The fraction of sp³-hybridized carbons (Fsp3) is 0.133. The van der Waals surface area contributed by atoms with Gasteiger partial charge in [-0.3, -0.25) is 9.59 Å². The minimum atomic E-state index is -0.303. The highest BCUT2D eigenvalue weighted by atomic mass is 79.9. The summed E-state index contributed by atoms with van der Waals surface area (Å²) in [5.41, 5.74) is 2.03. The second-order valence-electron chi connectivity index (χ2n) is 4.43. The van der Waals surface area contributed by atoms with Crippen LogP contribution in [0, 0.1) is 6.92 Å². The van der Waals surface area contributed by atoms with Gasteiger partial charge >= 0.3 is 0 Å². The van der Waals surface area contributed by atoms with Crippen molar-refractivity contribution in [3.8, 4) is 0 Å². The van der Waals surface area contributed by atoms with Gasteiger partial charge in [0.05, 0.1) is 18.4 Å². The standard InChI is InChI=1S/C15H14BrN3O2/c1-10-7-12(8-17-14(10)16)19-13(20)9-18-15(21)11-5-3-2-4-6-11/h2-8H,9H2,1H3,(H,18,21)(H,19,20). The molecule has 0 atom stereocenters. The van der Waals surface area contributed by atoms with Gasteiger partial charge in [-0.05, 0) is 46.6 Å². The maximum atomic E-state index is 11.8. The van der Waals surface area contributed by atoms with Gasteiger partial charge in [-0.15, -0.1) is 0 Å². The Morgan fingerprint density at radius 1 is 1.24 bits per heavy atom. The first kappa shape index (κ1) is 15.2. The first-order chi connectivity index (χ1) is 10.1. The third-order valence-corrected chi connectivity index (χ3v) is 3.57. The Hall–Kier alpha value is -2.21. The van der Waals surface area contributed by atoms with Gasteiger partial charge in [-0.25, -0.2) is 4.98 Å². The number of benzene rings is 1. The van der Waals surface area contributed by atoms with E-state index in [0.717, 1.165) is 10.2 Å². The molecule has 2 N–H and O–H groups in total. The van der Waals surface area contributed by atoms with E-state index < -0.39 is 0 Å². The molecule has 1 aromatic carbocycles. The zero-order valence-electron chi connectivity index (χ0n) is 11.4. The highest BCUT2D eigenvalue weighted by molar-refractivity contribution is 9.10. The van der Waals surface area contributed by atoms with E-state index in [4.69, 9.17) is 0 Å². The van der Waals surface area contributed by atoms with Crippen LogP contribution in [0.3, 0.4) is 0 Å². The fourth-order valence-corrected chi connectivity index (χ4v) is 1.90. The molecule has 0 saturated heterocycles. The predicted octanol–water partition coefficient (Wildman–Crippen LogP) is 2.52. The number of carbonyl (C=O) groups excluding carboxylic acids is 2. The van der Waals surface area contributed by atoms with E-state index in [-0.39, 0.29) is 18.4 Å². The minimum absolute atomic E-state index is 0.0944. The number of anilines is 1. The van der Waals surface area contributed by atoms with E-state index in [0.29, 0.717) is 11.3 Å². The van der Waals surface area contributed by atoms with Crippen molar-refractivity contribution < 1.29 is 9.59 Å². The molecule has 1 aromatic heterocycles. The fourth-order valence-electron chi connectivity index (χ4n) is 1.68. The van der Waals surface area contributed by atoms with E-state index in [2.05, 4.69) is 31.5 Å². The van der Waals surface area contributed by atoms with E-state index in [1.807, 2.05) is 13.0 Å². The molecule has 0 aliphatic rings. The third kappa shape index (κ3) is 4.39. The molecule has 2 rings (SSSR count). The van der Waals surface area contributed by atoms with Gasteiger partial charge in [-0.1, -0.05) is 18.2 Å². The number of aryl methyl sites for hydroxylation is 1. The van der Waals surface area contributed by atoms with Crippen LogP contribution in [0.4, 0.5) is 5.69 Å². The van der Waals surface area contributed by atoms with Crippen LogP contribution in [-0.2, 0) is 4.79 Å². The zero-order chi connectivity index (χ0) is 15.2. The maximum absolute atomic E-state index is 11.8. The Morgan fingerprint density at radius 2 is 1.95 bits per heavy atom. The van der Waals surface area contributed by atoms with Crippen molar-refractivity contribution in [2.75, 3.05) is 11.9 Å². The summed E-state index contributed by atoms with van der Waals surface area (Å²) in [6.45, 7) is 1.78. The molecule has 0 aliphatic carbocycles. The molecular weight excluding hydrogens is 334 g/mol. The Kier molecular flexibility index (Phi) is 5.05. The molecule has 0 aliphatic heterocycles. The van der Waals surface area contributed by atoms with Gasteiger partial charge in [-0.2, -0.15) is 0 Å². The number of hydrogen-bond donors (Lipinski definition) is 2. The van der Waals surface area contributed by atoms with Gasteiger partial charge in [0, 0.05) is 5.56 Å². The van der Waals surface area contributed by atoms with Crippen molar-refractivity contribution in [2.24, 2.45) is 0 Å². The molecule has 0 fully saturated rings. The molecule has 0 unspecified atom stereocenters. The average Bonchev–Trinajstić information content (AvgIpc) is 2.49. The number of halogens is 1. The van der Waals surface area contributed by atoms with Crippen LogP contribution in [-0.4, -0.2) is 23.3 Å². The van der Waals surface area contributed by atoms with E-state index >= 15 is 0 Å². The van der Waals surface area contributed by atoms with Gasteiger partial charge < -0.3 is 10.6 Å². The average molecular weight is 348 g/mol. The summed E-state index contributed by atoms with van der Waals surface area (Å²) in [5.74, 6) is -0.585. The topological polar surface area (TPSA) is 71.1 Å². The van der Waals surface area contributed by atoms with Gasteiger partial charge in [0.1, 0.15) is 4.60 Å². The number of carbonyl (C=O) groups is 2. The van der Waals surface area contributed by atoms with Crippen molar-refractivity contribution in [2.45, 2.75) is 6.92 Å². The number of hydrogen-bond acceptors (Lipinski definition) is 3. The molecule has 5 nitrogen and oxygen atoms in total. The molecule has 0 saturated carbocycles. The summed E-state index contributed by atoms with van der Waals surface area (Å²) in [5, 5.41) is 5.24. The largest absolute Gasteiger partial charge is 0.343 e. The Morgan fingerprint density at radius 3 is 2.62 bits per heavy atom. The molecule has 0 radical (unpaired) electrons. The van der Waals surface area contributed by atoms with Crippen LogP contribution in [0.15, 0.2) is 47.2 Å². The van der Waals surface area contributed by atoms with Crippen LogP contribution >= 0.6 is 15.9 Å². The van der Waals surface area contributed by atoms with Gasteiger partial charge in [0.15, 0.2) is 0 Å². The second kappa shape index (κ2) is 6.99. The lowest BCUT2D eigenvalue weighted by atomic mass is 10.2. The molecule has 2 aromatic rings. The summed E-state index contributed by atoms with van der Waals surface area (Å²) >= 11 is 3.29. The molecule has 6 heteroatoms. The minimum Gasteiger partial charge on any atom is -0.343 e. The summed E-state index contributed by atoms with van der Waals surface area (Å²) in [4.78, 5) is 27.7. The van der Waals surface area contributed by atoms with E-state index in [9.17, 15) is 9.59 Å². The van der Waals surface area contributed by atoms with Crippen molar-refractivity contribution in [1.29, 1.82) is 0 Å². The van der Waals surface area contributed by atoms with Crippen LogP contribution in [0.5, 0.6) is 0 Å². The summed E-state index contributed by atoms with van der Waals surface area (Å²) in [6.07, 6.45) is 1.55. The van der Waals surface area contributed by atoms with Crippen LogP contribution in [0.1, 0.15) is 15.9 Å². The molecule has 108 valence electrons. The number of amides is 2. The van der Waals surface area contributed by atoms with Crippen molar-refractivity contribution in [3.05, 3.63) is 58.3 Å². The Bertz CT molecular complexity index is 659. The molecule has 0 bridgehead atoms. The molecule has 1 heterocycles. The summed E-state index contributed by atoms with van der Waals surface area (Å²) in [6, 6.07) is 10.5. The van der Waals surface area contributed by atoms with Crippen molar-refractivity contribution in [3.63, 3.8) is 0 Å². The van der Waals surface area contributed by atoms with Gasteiger partial charge in [0.2, 0.25) is 5.91 Å². The number of pyridine rings is 1. The molecular formula is C15H14BrN3O2. The zero-order valence-corrected chi connectivity index (χ0v) is 13.0. The lowest BCUT2D eigenvalue weighted by Gasteiger charge is -2.08. The van der Waals surface area contributed by atoms with E-state index in [1.165, 1.54) is 0 Å². The molecule has 21 heavy (non-hydrogen) atoms. The summed E-state index contributed by atoms with van der Waals surface area (Å²) in [7, 11) is 0. The number of aromatic nitrogens is 1. The highest BCUT2D eigenvalue weighted by Crippen LogP contribution is 2.16. The SMILES string of the molecule is Cc1cc(NC(=O)CNC(=O)c2ccccc2)cnc1Br. The van der Waals surface area contributed by atoms with Crippen molar-refractivity contribution >= 4 is 33.4 Å². The second-order valence-corrected chi connectivity index (χ2v) is 5.18. The molecule has 2 amide bonds. The predicted molar refractivity (Wildman–Crippen MR) is 84.1 cm³/mol. The monoisotopic (exact) mass is 347 g/mol. The van der Waals surface area contributed by atoms with Crippen LogP contribution < -0.4 is 10.6 Å². The lowest BCUT2D eigenvalue weighted by Crippen LogP contribution is -2.32. The van der Waals surface area contributed by atoms with Crippen LogP contribution in [0.25, 0.3) is 0 Å². The number of nitrogens with zero attached hydrogens (tertiary/aromatic N) is 1. The van der Waals surface area contributed by atoms with Gasteiger partial charge in [0.25, 0.3) is 5.91 Å². The molecule has 0 spiro atoms. The maximum Gasteiger partial charge on any atom is 0.251 e. The van der Waals surface area contributed by atoms with Crippen molar-refractivity contribution in [1.82, 2.24) is 10.3 Å². The van der Waals surface area contributed by atoms with Crippen LogP contribution in [0.2, 0.25) is 0 Å². The Balaban J connectivity index is 1.87. The highest BCUT2D eigenvalue weighted by Gasteiger charge is 2.08. The van der Waals surface area contributed by atoms with E-state index in [1.54, 1.807) is 36.5 Å². The number of nitrogens with one attached hydrogen (secondary N) is 2. The summed E-state index contributed by atoms with van der Waals surface area (Å²) < 4.78 is 0.734. The lowest BCUT2D eigenvalue weighted by molar-refractivity contribution is -0.115. The first-order valence-electron chi connectivity index (χ1n) is 6.31. The third-order valence-electron chi connectivity index (χ3n) is 2.74. The quantitative estimate of drug-likeness (QED) is 0.834. The number of rotatable bonds is 4. The smallest absolute Gasteiger partial charge is 0.251 e.